The lowest BCUT2D eigenvalue weighted by Crippen LogP contribution is -2.42. The standard InChI is InChI=1S/C18H25NO5/c1-10(2)6-14(18(21)22-5)19-17(20)12-7-13(11(3)4)16-15(8-12)23-9-24-16/h7-8,10-11,14H,6,9H2,1-5H3,(H,19,20)/t14-/m1/s1. The van der Waals surface area contributed by atoms with Gasteiger partial charge in [-0.2, -0.15) is 0 Å². The maximum atomic E-state index is 12.6. The van der Waals surface area contributed by atoms with E-state index in [9.17, 15) is 9.59 Å². The van der Waals surface area contributed by atoms with Gasteiger partial charge in [0.2, 0.25) is 6.79 Å². The smallest absolute Gasteiger partial charge is 0.328 e. The van der Waals surface area contributed by atoms with Crippen LogP contribution < -0.4 is 14.8 Å². The van der Waals surface area contributed by atoms with E-state index in [1.54, 1.807) is 12.1 Å². The molecule has 1 atom stereocenters. The Morgan fingerprint density at radius 1 is 1.21 bits per heavy atom. The average molecular weight is 335 g/mol. The van der Waals surface area contributed by atoms with Gasteiger partial charge >= 0.3 is 5.97 Å². The normalized spacial score (nSPS) is 14.0. The van der Waals surface area contributed by atoms with E-state index in [0.717, 1.165) is 5.56 Å². The third kappa shape index (κ3) is 3.99. The second-order valence-corrected chi connectivity index (χ2v) is 6.63. The van der Waals surface area contributed by atoms with Crippen LogP contribution in [0.2, 0.25) is 0 Å². The van der Waals surface area contributed by atoms with Gasteiger partial charge in [0.05, 0.1) is 7.11 Å². The summed E-state index contributed by atoms with van der Waals surface area (Å²) in [6, 6.07) is 2.76. The molecule has 1 aromatic rings. The SMILES string of the molecule is COC(=O)[C@@H](CC(C)C)NC(=O)c1cc2c(c(C(C)C)c1)OCO2. The van der Waals surface area contributed by atoms with Gasteiger partial charge in [0.25, 0.3) is 5.91 Å². The maximum Gasteiger partial charge on any atom is 0.328 e. The third-order valence-corrected chi connectivity index (χ3v) is 3.88. The molecular weight excluding hydrogens is 310 g/mol. The van der Waals surface area contributed by atoms with Crippen LogP contribution in [0.25, 0.3) is 0 Å². The summed E-state index contributed by atoms with van der Waals surface area (Å²) < 4.78 is 15.7. The topological polar surface area (TPSA) is 73.9 Å². The molecular formula is C18H25NO5. The molecule has 0 saturated heterocycles. The number of hydrogen-bond donors (Lipinski definition) is 1. The molecule has 0 unspecified atom stereocenters. The lowest BCUT2D eigenvalue weighted by atomic mass is 9.98. The number of nitrogens with one attached hydrogen (secondary N) is 1. The Balaban J connectivity index is 2.25. The van der Waals surface area contributed by atoms with E-state index in [4.69, 9.17) is 14.2 Å². The van der Waals surface area contributed by atoms with Crippen LogP contribution >= 0.6 is 0 Å². The number of benzene rings is 1. The first-order chi connectivity index (χ1) is 11.3. The van der Waals surface area contributed by atoms with Crippen LogP contribution in [-0.4, -0.2) is 31.8 Å². The molecule has 1 heterocycles. The molecule has 0 radical (unpaired) electrons. The second-order valence-electron chi connectivity index (χ2n) is 6.63. The fourth-order valence-electron chi connectivity index (χ4n) is 2.67. The average Bonchev–Trinajstić information content (AvgIpc) is 3.00. The number of esters is 1. The highest BCUT2D eigenvalue weighted by atomic mass is 16.7. The molecule has 1 N–H and O–H groups in total. The van der Waals surface area contributed by atoms with Crippen molar-refractivity contribution in [3.05, 3.63) is 23.3 Å². The van der Waals surface area contributed by atoms with E-state index in [1.165, 1.54) is 7.11 Å². The molecule has 0 spiro atoms. The Kier molecular flexibility index (Phi) is 5.70. The summed E-state index contributed by atoms with van der Waals surface area (Å²) in [5, 5.41) is 2.76. The highest BCUT2D eigenvalue weighted by molar-refractivity contribution is 5.97. The Hall–Kier alpha value is -2.24. The highest BCUT2D eigenvalue weighted by Crippen LogP contribution is 2.40. The number of rotatable bonds is 6. The van der Waals surface area contributed by atoms with E-state index in [1.807, 2.05) is 27.7 Å². The monoisotopic (exact) mass is 335 g/mol. The second kappa shape index (κ2) is 7.55. The zero-order valence-electron chi connectivity index (χ0n) is 14.8. The molecule has 1 aromatic carbocycles. The van der Waals surface area contributed by atoms with Gasteiger partial charge in [-0.1, -0.05) is 27.7 Å². The first kappa shape index (κ1) is 18.1. The van der Waals surface area contributed by atoms with Crippen LogP contribution in [0.1, 0.15) is 56.0 Å². The van der Waals surface area contributed by atoms with Crippen molar-refractivity contribution in [2.24, 2.45) is 5.92 Å². The summed E-state index contributed by atoms with van der Waals surface area (Å²) in [4.78, 5) is 24.5. The molecule has 1 amide bonds. The molecule has 24 heavy (non-hydrogen) atoms. The molecule has 132 valence electrons. The summed E-state index contributed by atoms with van der Waals surface area (Å²) in [5.41, 5.74) is 1.36. The van der Waals surface area contributed by atoms with Gasteiger partial charge in [0, 0.05) is 11.1 Å². The fraction of sp³-hybridized carbons (Fsp3) is 0.556. The molecule has 6 nitrogen and oxygen atoms in total. The summed E-state index contributed by atoms with van der Waals surface area (Å²) in [7, 11) is 1.32. The van der Waals surface area contributed by atoms with E-state index in [0.29, 0.717) is 23.5 Å². The third-order valence-electron chi connectivity index (χ3n) is 3.88. The molecule has 1 aliphatic rings. The van der Waals surface area contributed by atoms with E-state index in [-0.39, 0.29) is 24.5 Å². The number of fused-ring (bicyclic) bond motifs is 1. The number of amides is 1. The van der Waals surface area contributed by atoms with Gasteiger partial charge in [0.15, 0.2) is 11.5 Å². The molecule has 1 aliphatic heterocycles. The predicted octanol–water partition coefficient (Wildman–Crippen LogP) is 2.86. The lowest BCUT2D eigenvalue weighted by Gasteiger charge is -2.19. The minimum atomic E-state index is -0.671. The van der Waals surface area contributed by atoms with Crippen molar-refractivity contribution in [1.82, 2.24) is 5.32 Å². The van der Waals surface area contributed by atoms with Crippen LogP contribution in [0.5, 0.6) is 11.5 Å². The van der Waals surface area contributed by atoms with Crippen molar-refractivity contribution in [3.63, 3.8) is 0 Å². The maximum absolute atomic E-state index is 12.6. The first-order valence-electron chi connectivity index (χ1n) is 8.15. The van der Waals surface area contributed by atoms with Crippen molar-refractivity contribution in [2.45, 2.75) is 46.1 Å². The molecule has 0 saturated carbocycles. The molecule has 0 aliphatic carbocycles. The molecule has 6 heteroatoms. The molecule has 0 fully saturated rings. The van der Waals surface area contributed by atoms with Crippen LogP contribution in [-0.2, 0) is 9.53 Å². The number of ether oxygens (including phenoxy) is 3. The van der Waals surface area contributed by atoms with Gasteiger partial charge in [-0.05, 0) is 30.4 Å². The van der Waals surface area contributed by atoms with Gasteiger partial charge in [0.1, 0.15) is 6.04 Å². The molecule has 0 aromatic heterocycles. The fourth-order valence-corrected chi connectivity index (χ4v) is 2.67. The Labute approximate surface area is 142 Å². The van der Waals surface area contributed by atoms with Crippen LogP contribution in [0.15, 0.2) is 12.1 Å². The summed E-state index contributed by atoms with van der Waals surface area (Å²) in [6.07, 6.45) is 0.514. The first-order valence-corrected chi connectivity index (χ1v) is 8.15. The zero-order valence-corrected chi connectivity index (χ0v) is 14.8. The van der Waals surface area contributed by atoms with Crippen molar-refractivity contribution in [1.29, 1.82) is 0 Å². The summed E-state index contributed by atoms with van der Waals surface area (Å²) >= 11 is 0. The lowest BCUT2D eigenvalue weighted by molar-refractivity contribution is -0.143. The van der Waals surface area contributed by atoms with Gasteiger partial charge < -0.3 is 19.5 Å². The van der Waals surface area contributed by atoms with Gasteiger partial charge in [-0.15, -0.1) is 0 Å². The molecule has 2 rings (SSSR count). The summed E-state index contributed by atoms with van der Waals surface area (Å²) in [5.74, 6) is 0.906. The number of hydrogen-bond acceptors (Lipinski definition) is 5. The van der Waals surface area contributed by atoms with Crippen LogP contribution in [0, 0.1) is 5.92 Å². The Bertz CT molecular complexity index is 624. The van der Waals surface area contributed by atoms with Crippen molar-refractivity contribution in [2.75, 3.05) is 13.9 Å². The van der Waals surface area contributed by atoms with Crippen molar-refractivity contribution in [3.8, 4) is 11.5 Å². The number of carbonyl (C=O) groups is 2. The van der Waals surface area contributed by atoms with Gasteiger partial charge in [-0.25, -0.2) is 4.79 Å². The minimum Gasteiger partial charge on any atom is -0.467 e. The largest absolute Gasteiger partial charge is 0.467 e. The predicted molar refractivity (Wildman–Crippen MR) is 89.4 cm³/mol. The quantitative estimate of drug-likeness (QED) is 0.809. The van der Waals surface area contributed by atoms with Crippen LogP contribution in [0.4, 0.5) is 0 Å². The van der Waals surface area contributed by atoms with Crippen LogP contribution in [0.3, 0.4) is 0 Å². The molecule has 0 bridgehead atoms. The Morgan fingerprint density at radius 2 is 1.92 bits per heavy atom. The van der Waals surface area contributed by atoms with Crippen molar-refractivity contribution < 1.29 is 23.8 Å². The van der Waals surface area contributed by atoms with E-state index >= 15 is 0 Å². The Morgan fingerprint density at radius 3 is 2.50 bits per heavy atom. The van der Waals surface area contributed by atoms with E-state index in [2.05, 4.69) is 5.32 Å². The summed E-state index contributed by atoms with van der Waals surface area (Å²) in [6.45, 7) is 8.17. The highest BCUT2D eigenvalue weighted by Gasteiger charge is 2.26. The number of carbonyl (C=O) groups excluding carboxylic acids is 2. The van der Waals surface area contributed by atoms with Crippen molar-refractivity contribution >= 4 is 11.9 Å². The number of methoxy groups -OCH3 is 1. The zero-order chi connectivity index (χ0) is 17.9. The van der Waals surface area contributed by atoms with Gasteiger partial charge in [-0.3, -0.25) is 4.79 Å². The van der Waals surface area contributed by atoms with E-state index < -0.39 is 12.0 Å². The minimum absolute atomic E-state index is 0.151.